The molecule has 1 fully saturated rings. The first-order valence-corrected chi connectivity index (χ1v) is 11.0. The Bertz CT molecular complexity index is 1390. The summed E-state index contributed by atoms with van der Waals surface area (Å²) in [4.78, 5) is 29.5. The molecule has 0 saturated carbocycles. The zero-order chi connectivity index (χ0) is 23.7. The third kappa shape index (κ3) is 4.26. The van der Waals surface area contributed by atoms with Crippen LogP contribution in [0.3, 0.4) is 0 Å². The quantitative estimate of drug-likeness (QED) is 0.454. The lowest BCUT2D eigenvalue weighted by Gasteiger charge is -2.36. The van der Waals surface area contributed by atoms with Gasteiger partial charge in [-0.3, -0.25) is 18.6 Å². The van der Waals surface area contributed by atoms with Crippen molar-refractivity contribution in [3.63, 3.8) is 0 Å². The number of hydrogen-bond acceptors (Lipinski definition) is 5. The van der Waals surface area contributed by atoms with Gasteiger partial charge in [0.1, 0.15) is 17.5 Å². The average molecular weight is 464 g/mol. The molecule has 0 N–H and O–H groups in total. The monoisotopic (exact) mass is 464 g/mol. The molecule has 1 aliphatic rings. The Balaban J connectivity index is 1.23. The lowest BCUT2D eigenvalue weighted by Crippen LogP contribution is -2.48. The van der Waals surface area contributed by atoms with E-state index in [1.54, 1.807) is 33.7 Å². The number of hydrogen-bond donors (Lipinski definition) is 0. The lowest BCUT2D eigenvalue weighted by molar-refractivity contribution is -0.131. The summed E-state index contributed by atoms with van der Waals surface area (Å²) in [6.45, 7) is 2.50. The number of fused-ring (bicyclic) bond motifs is 1. The maximum atomic E-state index is 13.6. The number of rotatable bonds is 5. The molecule has 0 unspecified atom stereocenters. The average Bonchev–Trinajstić information content (AvgIpc) is 3.27. The van der Waals surface area contributed by atoms with E-state index in [0.717, 1.165) is 5.69 Å². The number of piperazine rings is 1. The number of aromatic nitrogens is 4. The van der Waals surface area contributed by atoms with Crippen LogP contribution in [0.25, 0.3) is 11.3 Å². The molecule has 1 amide bonds. The van der Waals surface area contributed by atoms with E-state index in [1.165, 1.54) is 41.1 Å². The van der Waals surface area contributed by atoms with Gasteiger partial charge in [-0.05, 0) is 42.5 Å². The summed E-state index contributed by atoms with van der Waals surface area (Å²) >= 11 is 0. The van der Waals surface area contributed by atoms with Crippen molar-refractivity contribution in [2.45, 2.75) is 12.8 Å². The highest BCUT2D eigenvalue weighted by Gasteiger charge is 2.22. The van der Waals surface area contributed by atoms with Gasteiger partial charge in [0.15, 0.2) is 0 Å². The van der Waals surface area contributed by atoms with Crippen molar-refractivity contribution in [2.24, 2.45) is 0 Å². The topological polar surface area (TPSA) is 75.7 Å². The third-order valence-corrected chi connectivity index (χ3v) is 6.01. The fourth-order valence-corrected chi connectivity index (χ4v) is 4.18. The Morgan fingerprint density at radius 2 is 1.65 bits per heavy atom. The molecule has 1 aliphatic heterocycles. The van der Waals surface area contributed by atoms with Crippen molar-refractivity contribution in [3.05, 3.63) is 88.7 Å². The van der Waals surface area contributed by atoms with Crippen molar-refractivity contribution in [2.75, 3.05) is 31.1 Å². The molecule has 0 atom stereocenters. The van der Waals surface area contributed by atoms with Gasteiger partial charge in [0.05, 0.1) is 5.69 Å². The van der Waals surface area contributed by atoms with Crippen molar-refractivity contribution in [3.8, 4) is 5.69 Å². The molecule has 0 bridgehead atoms. The maximum Gasteiger partial charge on any atom is 0.300 e. The van der Waals surface area contributed by atoms with E-state index in [0.29, 0.717) is 44.1 Å². The van der Waals surface area contributed by atoms with E-state index in [4.69, 9.17) is 0 Å². The number of halogens is 2. The van der Waals surface area contributed by atoms with Crippen LogP contribution in [0.1, 0.15) is 12.2 Å². The molecule has 8 nitrogen and oxygen atoms in total. The second kappa shape index (κ2) is 9.05. The van der Waals surface area contributed by atoms with E-state index < -0.39 is 11.4 Å². The SMILES string of the molecule is O=C(CCc1nnc2c(=O)n(-c3cccc(F)c3)ccn12)N1CCN(c2ccc(F)cc2)CC1. The van der Waals surface area contributed by atoms with Crippen molar-refractivity contribution >= 4 is 17.2 Å². The van der Waals surface area contributed by atoms with E-state index in [1.807, 2.05) is 0 Å². The highest BCUT2D eigenvalue weighted by molar-refractivity contribution is 5.76. The Labute approximate surface area is 193 Å². The summed E-state index contributed by atoms with van der Waals surface area (Å²) in [7, 11) is 0. The number of amides is 1. The fourth-order valence-electron chi connectivity index (χ4n) is 4.18. The van der Waals surface area contributed by atoms with Crippen LogP contribution in [0, 0.1) is 11.6 Å². The van der Waals surface area contributed by atoms with Gasteiger partial charge in [-0.15, -0.1) is 10.2 Å². The Morgan fingerprint density at radius 3 is 2.38 bits per heavy atom. The number of anilines is 1. The molecule has 34 heavy (non-hydrogen) atoms. The Kier molecular flexibility index (Phi) is 5.79. The minimum absolute atomic E-state index is 0.00334. The molecule has 0 radical (unpaired) electrons. The second-order valence-electron chi connectivity index (χ2n) is 8.11. The first kappa shape index (κ1) is 21.7. The third-order valence-electron chi connectivity index (χ3n) is 6.01. The number of nitrogens with zero attached hydrogens (tertiary/aromatic N) is 6. The fraction of sp³-hybridized carbons (Fsp3) is 0.250. The normalized spacial score (nSPS) is 14.1. The number of carbonyl (C=O) groups excluding carboxylic acids is 1. The molecule has 4 aromatic rings. The number of carbonyl (C=O) groups is 1. The smallest absolute Gasteiger partial charge is 0.300 e. The van der Waals surface area contributed by atoms with Crippen LogP contribution >= 0.6 is 0 Å². The van der Waals surface area contributed by atoms with Gasteiger partial charge >= 0.3 is 5.56 Å². The van der Waals surface area contributed by atoms with Gasteiger partial charge in [0.25, 0.3) is 0 Å². The molecule has 2 aromatic heterocycles. The van der Waals surface area contributed by atoms with E-state index in [9.17, 15) is 18.4 Å². The van der Waals surface area contributed by atoms with Gasteiger partial charge in [-0.25, -0.2) is 8.78 Å². The lowest BCUT2D eigenvalue weighted by atomic mass is 10.2. The second-order valence-corrected chi connectivity index (χ2v) is 8.11. The largest absolute Gasteiger partial charge is 0.368 e. The van der Waals surface area contributed by atoms with Gasteiger partial charge in [0, 0.05) is 57.1 Å². The van der Waals surface area contributed by atoms with Crippen LogP contribution in [0.5, 0.6) is 0 Å². The maximum absolute atomic E-state index is 13.6. The molecule has 2 aromatic carbocycles. The van der Waals surface area contributed by atoms with Crippen molar-refractivity contribution in [1.29, 1.82) is 0 Å². The molecule has 0 spiro atoms. The first-order valence-electron chi connectivity index (χ1n) is 11.0. The summed E-state index contributed by atoms with van der Waals surface area (Å²) in [5.41, 5.74) is 1.02. The predicted molar refractivity (Wildman–Crippen MR) is 122 cm³/mol. The Hall–Kier alpha value is -4.08. The van der Waals surface area contributed by atoms with Gasteiger partial charge in [-0.1, -0.05) is 6.07 Å². The zero-order valence-corrected chi connectivity index (χ0v) is 18.3. The molecule has 10 heteroatoms. The highest BCUT2D eigenvalue weighted by Crippen LogP contribution is 2.17. The van der Waals surface area contributed by atoms with Gasteiger partial charge < -0.3 is 9.80 Å². The minimum Gasteiger partial charge on any atom is -0.368 e. The van der Waals surface area contributed by atoms with Crippen LogP contribution < -0.4 is 10.5 Å². The summed E-state index contributed by atoms with van der Waals surface area (Å²) in [5.74, 6) is -0.199. The summed E-state index contributed by atoms with van der Waals surface area (Å²) in [5, 5.41) is 8.09. The summed E-state index contributed by atoms with van der Waals surface area (Å²) in [6.07, 6.45) is 3.75. The number of benzene rings is 2. The van der Waals surface area contributed by atoms with Crippen molar-refractivity contribution in [1.82, 2.24) is 24.1 Å². The molecular formula is C24H22F2N6O2. The molecule has 5 rings (SSSR count). The number of aryl methyl sites for hydroxylation is 1. The first-order chi connectivity index (χ1) is 16.5. The van der Waals surface area contributed by atoms with E-state index in [2.05, 4.69) is 15.1 Å². The minimum atomic E-state index is -0.441. The van der Waals surface area contributed by atoms with Crippen LogP contribution in [-0.4, -0.2) is 56.2 Å². The summed E-state index contributed by atoms with van der Waals surface area (Å²) in [6, 6.07) is 12.1. The van der Waals surface area contributed by atoms with Crippen LogP contribution in [-0.2, 0) is 11.2 Å². The van der Waals surface area contributed by atoms with Crippen LogP contribution in [0.2, 0.25) is 0 Å². The highest BCUT2D eigenvalue weighted by atomic mass is 19.1. The molecular weight excluding hydrogens is 442 g/mol. The van der Waals surface area contributed by atoms with E-state index in [-0.39, 0.29) is 23.8 Å². The molecule has 0 aliphatic carbocycles. The summed E-state index contributed by atoms with van der Waals surface area (Å²) < 4.78 is 29.6. The van der Waals surface area contributed by atoms with Crippen LogP contribution in [0.4, 0.5) is 14.5 Å². The molecule has 174 valence electrons. The van der Waals surface area contributed by atoms with Crippen LogP contribution in [0.15, 0.2) is 65.7 Å². The van der Waals surface area contributed by atoms with Gasteiger partial charge in [-0.2, -0.15) is 0 Å². The molecule has 3 heterocycles. The van der Waals surface area contributed by atoms with E-state index >= 15 is 0 Å². The predicted octanol–water partition coefficient (Wildman–Crippen LogP) is 2.44. The van der Waals surface area contributed by atoms with Gasteiger partial charge in [0.2, 0.25) is 11.6 Å². The molecule has 1 saturated heterocycles. The Morgan fingerprint density at radius 1 is 0.882 bits per heavy atom. The standard InChI is InChI=1S/C24H22F2N6O2/c25-17-4-6-19(7-5-17)29-10-12-30(13-11-29)22(33)9-8-21-27-28-23-24(34)31(14-15-32(21)23)20-3-1-2-18(26)16-20/h1-7,14-16H,8-13H2. The zero-order valence-electron chi connectivity index (χ0n) is 18.3. The van der Waals surface area contributed by atoms with Crippen molar-refractivity contribution < 1.29 is 13.6 Å².